The quantitative estimate of drug-likeness (QED) is 0.641. The zero-order valence-electron chi connectivity index (χ0n) is 12.0. The molecular weight excluding hydrogens is 256 g/mol. The van der Waals surface area contributed by atoms with Gasteiger partial charge in [0, 0.05) is 24.7 Å². The van der Waals surface area contributed by atoms with Gasteiger partial charge in [-0.3, -0.25) is 10.1 Å². The van der Waals surface area contributed by atoms with E-state index in [1.807, 2.05) is 0 Å². The van der Waals surface area contributed by atoms with Gasteiger partial charge >= 0.3 is 0 Å². The SMILES string of the molecule is CC1CCC(NCC(O)c2ccc([N+](=O)[O-])cc2)C1C. The topological polar surface area (TPSA) is 75.4 Å². The molecule has 0 saturated heterocycles. The normalized spacial score (nSPS) is 27.4. The summed E-state index contributed by atoms with van der Waals surface area (Å²) < 4.78 is 0. The molecule has 1 aliphatic carbocycles. The predicted molar refractivity (Wildman–Crippen MR) is 77.4 cm³/mol. The molecule has 0 bridgehead atoms. The fourth-order valence-corrected chi connectivity index (χ4v) is 2.85. The van der Waals surface area contributed by atoms with Crippen molar-refractivity contribution in [1.29, 1.82) is 0 Å². The highest BCUT2D eigenvalue weighted by Crippen LogP contribution is 2.31. The van der Waals surface area contributed by atoms with Crippen molar-refractivity contribution in [2.24, 2.45) is 11.8 Å². The first-order chi connectivity index (χ1) is 9.49. The van der Waals surface area contributed by atoms with Crippen LogP contribution in [0.1, 0.15) is 38.4 Å². The second-order valence-electron chi connectivity index (χ2n) is 5.79. The average molecular weight is 278 g/mol. The number of rotatable bonds is 5. The molecule has 0 amide bonds. The first kappa shape index (κ1) is 14.9. The summed E-state index contributed by atoms with van der Waals surface area (Å²) in [6, 6.07) is 6.55. The Bertz CT molecular complexity index is 461. The highest BCUT2D eigenvalue weighted by molar-refractivity contribution is 5.33. The smallest absolute Gasteiger partial charge is 0.269 e. The van der Waals surface area contributed by atoms with Gasteiger partial charge in [0.1, 0.15) is 0 Å². The van der Waals surface area contributed by atoms with Crippen molar-refractivity contribution in [2.75, 3.05) is 6.54 Å². The molecule has 5 heteroatoms. The molecule has 2 N–H and O–H groups in total. The first-order valence-corrected chi connectivity index (χ1v) is 7.15. The molecule has 5 nitrogen and oxygen atoms in total. The van der Waals surface area contributed by atoms with Crippen LogP contribution in [-0.2, 0) is 0 Å². The van der Waals surface area contributed by atoms with Gasteiger partial charge in [0.25, 0.3) is 5.69 Å². The lowest BCUT2D eigenvalue weighted by atomic mass is 9.97. The fraction of sp³-hybridized carbons (Fsp3) is 0.600. The highest BCUT2D eigenvalue weighted by Gasteiger charge is 2.29. The standard InChI is InChI=1S/C15H22N2O3/c1-10-3-8-14(11(10)2)16-9-15(18)12-4-6-13(7-5-12)17(19)20/h4-7,10-11,14-16,18H,3,8-9H2,1-2H3. The van der Waals surface area contributed by atoms with Crippen LogP contribution in [0.25, 0.3) is 0 Å². The zero-order chi connectivity index (χ0) is 14.7. The van der Waals surface area contributed by atoms with Gasteiger partial charge < -0.3 is 10.4 Å². The molecule has 1 aliphatic rings. The number of hydrogen-bond donors (Lipinski definition) is 2. The molecule has 4 atom stereocenters. The Morgan fingerprint density at radius 3 is 2.50 bits per heavy atom. The summed E-state index contributed by atoms with van der Waals surface area (Å²) in [6.07, 6.45) is 1.75. The number of non-ortho nitro benzene ring substituents is 1. The molecule has 20 heavy (non-hydrogen) atoms. The van der Waals surface area contributed by atoms with Crippen molar-refractivity contribution in [3.8, 4) is 0 Å². The van der Waals surface area contributed by atoms with E-state index in [2.05, 4.69) is 19.2 Å². The van der Waals surface area contributed by atoms with E-state index in [1.165, 1.54) is 18.6 Å². The van der Waals surface area contributed by atoms with Gasteiger partial charge in [-0.25, -0.2) is 0 Å². The van der Waals surface area contributed by atoms with Gasteiger partial charge in [0.15, 0.2) is 0 Å². The van der Waals surface area contributed by atoms with E-state index >= 15 is 0 Å². The lowest BCUT2D eigenvalue weighted by Gasteiger charge is -2.21. The minimum atomic E-state index is -0.626. The summed E-state index contributed by atoms with van der Waals surface area (Å²) in [7, 11) is 0. The Morgan fingerprint density at radius 1 is 1.35 bits per heavy atom. The van der Waals surface area contributed by atoms with Crippen LogP contribution in [0.4, 0.5) is 5.69 Å². The molecule has 110 valence electrons. The molecule has 1 aromatic carbocycles. The number of hydrogen-bond acceptors (Lipinski definition) is 4. The monoisotopic (exact) mass is 278 g/mol. The molecule has 1 fully saturated rings. The number of nitro groups is 1. The lowest BCUT2D eigenvalue weighted by Crippen LogP contribution is -2.35. The van der Waals surface area contributed by atoms with Crippen LogP contribution < -0.4 is 5.32 Å². The third-order valence-corrected chi connectivity index (χ3v) is 4.53. The largest absolute Gasteiger partial charge is 0.387 e. The molecular formula is C15H22N2O3. The maximum absolute atomic E-state index is 10.6. The van der Waals surface area contributed by atoms with Gasteiger partial charge in [0.05, 0.1) is 11.0 Å². The number of benzene rings is 1. The average Bonchev–Trinajstić information content (AvgIpc) is 2.76. The van der Waals surface area contributed by atoms with Gasteiger partial charge in [0.2, 0.25) is 0 Å². The van der Waals surface area contributed by atoms with Crippen molar-refractivity contribution in [3.05, 3.63) is 39.9 Å². The van der Waals surface area contributed by atoms with Crippen molar-refractivity contribution >= 4 is 5.69 Å². The van der Waals surface area contributed by atoms with E-state index in [0.29, 0.717) is 24.1 Å². The molecule has 4 unspecified atom stereocenters. The van der Waals surface area contributed by atoms with Gasteiger partial charge in [-0.2, -0.15) is 0 Å². The maximum Gasteiger partial charge on any atom is 0.269 e. The highest BCUT2D eigenvalue weighted by atomic mass is 16.6. The number of aliphatic hydroxyl groups excluding tert-OH is 1. The van der Waals surface area contributed by atoms with E-state index in [9.17, 15) is 15.2 Å². The van der Waals surface area contributed by atoms with E-state index < -0.39 is 11.0 Å². The van der Waals surface area contributed by atoms with Crippen molar-refractivity contribution in [2.45, 2.75) is 38.8 Å². The van der Waals surface area contributed by atoms with Crippen LogP contribution in [0.15, 0.2) is 24.3 Å². The van der Waals surface area contributed by atoms with Gasteiger partial charge in [-0.05, 0) is 42.4 Å². The van der Waals surface area contributed by atoms with Gasteiger partial charge in [-0.15, -0.1) is 0 Å². The number of nitrogens with one attached hydrogen (secondary N) is 1. The van der Waals surface area contributed by atoms with Crippen LogP contribution in [0, 0.1) is 22.0 Å². The summed E-state index contributed by atoms with van der Waals surface area (Å²) in [5, 5.41) is 24.1. The lowest BCUT2D eigenvalue weighted by molar-refractivity contribution is -0.384. The summed E-state index contributed by atoms with van der Waals surface area (Å²) in [5.74, 6) is 1.35. The fourth-order valence-electron chi connectivity index (χ4n) is 2.85. The second-order valence-corrected chi connectivity index (χ2v) is 5.79. The van der Waals surface area contributed by atoms with Crippen molar-refractivity contribution in [3.63, 3.8) is 0 Å². The summed E-state index contributed by atoms with van der Waals surface area (Å²) in [6.45, 7) is 4.99. The van der Waals surface area contributed by atoms with Crippen LogP contribution in [-0.4, -0.2) is 22.6 Å². The van der Waals surface area contributed by atoms with Crippen LogP contribution in [0.3, 0.4) is 0 Å². The van der Waals surface area contributed by atoms with E-state index in [1.54, 1.807) is 12.1 Å². The Balaban J connectivity index is 1.88. The summed E-state index contributed by atoms with van der Waals surface area (Å²) >= 11 is 0. The van der Waals surface area contributed by atoms with Crippen LogP contribution >= 0.6 is 0 Å². The summed E-state index contributed by atoms with van der Waals surface area (Å²) in [4.78, 5) is 10.1. The Kier molecular flexibility index (Phi) is 4.73. The molecule has 0 aliphatic heterocycles. The van der Waals surface area contributed by atoms with Crippen molar-refractivity contribution in [1.82, 2.24) is 5.32 Å². The Hall–Kier alpha value is -1.46. The molecule has 1 saturated carbocycles. The second kappa shape index (κ2) is 6.33. The van der Waals surface area contributed by atoms with Crippen LogP contribution in [0.5, 0.6) is 0 Å². The van der Waals surface area contributed by atoms with Crippen LogP contribution in [0.2, 0.25) is 0 Å². The third kappa shape index (κ3) is 3.35. The maximum atomic E-state index is 10.6. The molecule has 0 heterocycles. The number of nitro benzene ring substituents is 1. The molecule has 2 rings (SSSR count). The van der Waals surface area contributed by atoms with Crippen molar-refractivity contribution < 1.29 is 10.0 Å². The molecule has 1 aromatic rings. The van der Waals surface area contributed by atoms with E-state index in [0.717, 1.165) is 12.3 Å². The number of nitrogens with zero attached hydrogens (tertiary/aromatic N) is 1. The third-order valence-electron chi connectivity index (χ3n) is 4.53. The molecule has 0 aromatic heterocycles. The first-order valence-electron chi connectivity index (χ1n) is 7.15. The minimum Gasteiger partial charge on any atom is -0.387 e. The molecule has 0 radical (unpaired) electrons. The molecule has 0 spiro atoms. The zero-order valence-corrected chi connectivity index (χ0v) is 12.0. The summed E-state index contributed by atoms with van der Waals surface area (Å²) in [5.41, 5.74) is 0.758. The van der Waals surface area contributed by atoms with E-state index in [4.69, 9.17) is 0 Å². The number of aliphatic hydroxyl groups is 1. The van der Waals surface area contributed by atoms with E-state index in [-0.39, 0.29) is 5.69 Å². The minimum absolute atomic E-state index is 0.0483. The van der Waals surface area contributed by atoms with Gasteiger partial charge in [-0.1, -0.05) is 13.8 Å². The predicted octanol–water partition coefficient (Wildman–Crippen LogP) is 2.65. The Morgan fingerprint density at radius 2 is 2.00 bits per heavy atom. The Labute approximate surface area is 119 Å².